The van der Waals surface area contributed by atoms with Gasteiger partial charge < -0.3 is 10.1 Å². The molecule has 2 nitrogen and oxygen atoms in total. The highest BCUT2D eigenvalue weighted by molar-refractivity contribution is 4.87. The number of rotatable bonds is 6. The smallest absolute Gasteiger partial charge is 0.0810 e. The first-order chi connectivity index (χ1) is 9.35. The summed E-state index contributed by atoms with van der Waals surface area (Å²) in [6, 6.07) is 0. The minimum absolute atomic E-state index is 0.160. The predicted octanol–water partition coefficient (Wildman–Crippen LogP) is 4.43. The summed E-state index contributed by atoms with van der Waals surface area (Å²) < 4.78 is 6.68. The zero-order valence-electron chi connectivity index (χ0n) is 12.9. The van der Waals surface area contributed by atoms with E-state index in [0.717, 1.165) is 13.1 Å². The maximum atomic E-state index is 6.68. The Bertz CT molecular complexity index is 227. The Morgan fingerprint density at radius 2 is 1.58 bits per heavy atom. The molecule has 0 aromatic heterocycles. The molecule has 2 aliphatic carbocycles. The molecule has 0 heterocycles. The van der Waals surface area contributed by atoms with Gasteiger partial charge >= 0.3 is 0 Å². The van der Waals surface area contributed by atoms with Crippen LogP contribution in [0.3, 0.4) is 0 Å². The molecule has 2 fully saturated rings. The van der Waals surface area contributed by atoms with Crippen molar-refractivity contribution in [3.8, 4) is 0 Å². The number of hydrogen-bond acceptors (Lipinski definition) is 2. The molecule has 2 rings (SSSR count). The minimum Gasteiger partial charge on any atom is -0.370 e. The predicted molar refractivity (Wildman–Crippen MR) is 81.6 cm³/mol. The summed E-state index contributed by atoms with van der Waals surface area (Å²) in [6.07, 6.45) is 16.6. The van der Waals surface area contributed by atoms with Gasteiger partial charge in [0.15, 0.2) is 0 Å². The standard InChI is InChI=1S/C17H33NO/c1-2-14-18-15-17(12-8-3-4-9-13-17)19-16-10-6-5-7-11-16/h16,18H,2-15H2,1H3. The highest BCUT2D eigenvalue weighted by atomic mass is 16.5. The lowest BCUT2D eigenvalue weighted by molar-refractivity contribution is -0.112. The normalized spacial score (nSPS) is 25.1. The lowest BCUT2D eigenvalue weighted by atomic mass is 9.91. The van der Waals surface area contributed by atoms with Crippen molar-refractivity contribution in [2.45, 2.75) is 95.7 Å². The van der Waals surface area contributed by atoms with Crippen molar-refractivity contribution in [2.75, 3.05) is 13.1 Å². The Morgan fingerprint density at radius 1 is 0.947 bits per heavy atom. The van der Waals surface area contributed by atoms with Crippen LogP contribution in [-0.2, 0) is 4.74 Å². The van der Waals surface area contributed by atoms with E-state index in [1.807, 2.05) is 0 Å². The molecule has 2 heteroatoms. The Balaban J connectivity index is 1.90. The highest BCUT2D eigenvalue weighted by Gasteiger charge is 2.34. The molecule has 2 aliphatic rings. The fourth-order valence-corrected chi connectivity index (χ4v) is 3.74. The summed E-state index contributed by atoms with van der Waals surface area (Å²) in [7, 11) is 0. The maximum Gasteiger partial charge on any atom is 0.0810 e. The zero-order chi connectivity index (χ0) is 13.4. The Hall–Kier alpha value is -0.0800. The molecule has 0 bridgehead atoms. The van der Waals surface area contributed by atoms with E-state index in [4.69, 9.17) is 4.74 Å². The second kappa shape index (κ2) is 8.26. The van der Waals surface area contributed by atoms with E-state index in [1.54, 1.807) is 0 Å². The molecule has 2 saturated carbocycles. The molecular formula is C17H33NO. The van der Waals surface area contributed by atoms with Crippen molar-refractivity contribution >= 4 is 0 Å². The quantitative estimate of drug-likeness (QED) is 0.568. The summed E-state index contributed by atoms with van der Waals surface area (Å²) in [4.78, 5) is 0. The van der Waals surface area contributed by atoms with E-state index < -0.39 is 0 Å². The van der Waals surface area contributed by atoms with Crippen molar-refractivity contribution in [1.82, 2.24) is 5.32 Å². The van der Waals surface area contributed by atoms with Gasteiger partial charge in [-0.05, 0) is 38.6 Å². The van der Waals surface area contributed by atoms with Gasteiger partial charge in [-0.1, -0.05) is 51.9 Å². The molecule has 0 aromatic rings. The van der Waals surface area contributed by atoms with E-state index in [9.17, 15) is 0 Å². The first kappa shape index (κ1) is 15.3. The average Bonchev–Trinajstić information content (AvgIpc) is 2.66. The molecule has 0 spiro atoms. The van der Waals surface area contributed by atoms with Crippen LogP contribution in [0.1, 0.15) is 84.0 Å². The fraction of sp³-hybridized carbons (Fsp3) is 1.00. The molecule has 0 radical (unpaired) electrons. The van der Waals surface area contributed by atoms with Crippen LogP contribution >= 0.6 is 0 Å². The average molecular weight is 267 g/mol. The van der Waals surface area contributed by atoms with Crippen LogP contribution in [0.25, 0.3) is 0 Å². The highest BCUT2D eigenvalue weighted by Crippen LogP contribution is 2.34. The zero-order valence-corrected chi connectivity index (χ0v) is 12.9. The molecule has 0 saturated heterocycles. The fourth-order valence-electron chi connectivity index (χ4n) is 3.74. The molecular weight excluding hydrogens is 234 g/mol. The molecule has 0 unspecified atom stereocenters. The van der Waals surface area contributed by atoms with E-state index >= 15 is 0 Å². The van der Waals surface area contributed by atoms with Gasteiger partial charge in [-0.2, -0.15) is 0 Å². The Labute approximate surface area is 119 Å². The van der Waals surface area contributed by atoms with Gasteiger partial charge in [0.05, 0.1) is 11.7 Å². The first-order valence-electron chi connectivity index (χ1n) is 8.73. The van der Waals surface area contributed by atoms with Crippen molar-refractivity contribution < 1.29 is 4.74 Å². The number of nitrogens with one attached hydrogen (secondary N) is 1. The number of hydrogen-bond donors (Lipinski definition) is 1. The number of ether oxygens (including phenoxy) is 1. The van der Waals surface area contributed by atoms with Crippen LogP contribution in [-0.4, -0.2) is 24.8 Å². The van der Waals surface area contributed by atoms with Crippen LogP contribution in [0, 0.1) is 0 Å². The van der Waals surface area contributed by atoms with E-state index in [2.05, 4.69) is 12.2 Å². The molecule has 0 aromatic carbocycles. The first-order valence-corrected chi connectivity index (χ1v) is 8.73. The lowest BCUT2D eigenvalue weighted by Gasteiger charge is -2.38. The van der Waals surface area contributed by atoms with Gasteiger partial charge in [0.1, 0.15) is 0 Å². The van der Waals surface area contributed by atoms with E-state index in [0.29, 0.717) is 6.10 Å². The summed E-state index contributed by atoms with van der Waals surface area (Å²) in [5, 5.41) is 3.64. The van der Waals surface area contributed by atoms with Gasteiger partial charge in [0.2, 0.25) is 0 Å². The van der Waals surface area contributed by atoms with Crippen LogP contribution in [0.15, 0.2) is 0 Å². The van der Waals surface area contributed by atoms with Crippen LogP contribution in [0.2, 0.25) is 0 Å². The van der Waals surface area contributed by atoms with Gasteiger partial charge in [0, 0.05) is 6.54 Å². The molecule has 1 N–H and O–H groups in total. The summed E-state index contributed by atoms with van der Waals surface area (Å²) >= 11 is 0. The van der Waals surface area contributed by atoms with Gasteiger partial charge in [-0.15, -0.1) is 0 Å². The van der Waals surface area contributed by atoms with Gasteiger partial charge in [-0.3, -0.25) is 0 Å². The SMILES string of the molecule is CCCNCC1(OC2CCCCC2)CCCCCC1. The Kier molecular flexibility index (Phi) is 6.66. The van der Waals surface area contributed by atoms with Crippen LogP contribution in [0.5, 0.6) is 0 Å². The third-order valence-corrected chi connectivity index (χ3v) is 4.86. The van der Waals surface area contributed by atoms with Crippen molar-refractivity contribution in [2.24, 2.45) is 0 Å². The summed E-state index contributed by atoms with van der Waals surface area (Å²) in [5.41, 5.74) is 0.160. The van der Waals surface area contributed by atoms with Crippen molar-refractivity contribution in [1.29, 1.82) is 0 Å². The van der Waals surface area contributed by atoms with Crippen LogP contribution in [0.4, 0.5) is 0 Å². The lowest BCUT2D eigenvalue weighted by Crippen LogP contribution is -2.46. The molecule has 0 atom stereocenters. The molecule has 0 aliphatic heterocycles. The van der Waals surface area contributed by atoms with Crippen molar-refractivity contribution in [3.05, 3.63) is 0 Å². The van der Waals surface area contributed by atoms with Gasteiger partial charge in [0.25, 0.3) is 0 Å². The summed E-state index contributed by atoms with van der Waals surface area (Å²) in [5.74, 6) is 0. The molecule has 112 valence electrons. The topological polar surface area (TPSA) is 21.3 Å². The van der Waals surface area contributed by atoms with Gasteiger partial charge in [-0.25, -0.2) is 0 Å². The van der Waals surface area contributed by atoms with E-state index in [1.165, 1.54) is 77.0 Å². The minimum atomic E-state index is 0.160. The second-order valence-corrected chi connectivity index (χ2v) is 6.65. The largest absolute Gasteiger partial charge is 0.370 e. The Morgan fingerprint density at radius 3 is 2.21 bits per heavy atom. The maximum absolute atomic E-state index is 6.68. The molecule has 19 heavy (non-hydrogen) atoms. The second-order valence-electron chi connectivity index (χ2n) is 6.65. The molecule has 0 amide bonds. The van der Waals surface area contributed by atoms with Crippen molar-refractivity contribution in [3.63, 3.8) is 0 Å². The monoisotopic (exact) mass is 267 g/mol. The van der Waals surface area contributed by atoms with Crippen LogP contribution < -0.4 is 5.32 Å². The van der Waals surface area contributed by atoms with E-state index in [-0.39, 0.29) is 5.60 Å². The third kappa shape index (κ3) is 5.07. The summed E-state index contributed by atoms with van der Waals surface area (Å²) in [6.45, 7) is 4.46. The third-order valence-electron chi connectivity index (χ3n) is 4.86.